The minimum atomic E-state index is 0.831. The van der Waals surface area contributed by atoms with Crippen molar-refractivity contribution < 1.29 is 4.74 Å². The first kappa shape index (κ1) is 21.9. The van der Waals surface area contributed by atoms with E-state index in [1.54, 1.807) is 11.1 Å². The van der Waals surface area contributed by atoms with Gasteiger partial charge in [-0.2, -0.15) is 0 Å². The summed E-state index contributed by atoms with van der Waals surface area (Å²) in [6, 6.07) is 15.8. The summed E-state index contributed by atoms with van der Waals surface area (Å²) in [6.45, 7) is 5.37. The predicted molar refractivity (Wildman–Crippen MR) is 126 cm³/mol. The molecule has 0 radical (unpaired) electrons. The summed E-state index contributed by atoms with van der Waals surface area (Å²) in [6.07, 6.45) is 15.9. The monoisotopic (exact) mass is 392 g/mol. The van der Waals surface area contributed by atoms with Crippen LogP contribution in [0.25, 0.3) is 11.1 Å². The highest BCUT2D eigenvalue weighted by Gasteiger charge is 2.18. The van der Waals surface area contributed by atoms with Crippen LogP contribution in [0.1, 0.15) is 89.2 Å². The van der Waals surface area contributed by atoms with Crippen LogP contribution in [-0.4, -0.2) is 6.61 Å². The molecule has 1 unspecified atom stereocenters. The lowest BCUT2D eigenvalue weighted by Crippen LogP contribution is -2.14. The van der Waals surface area contributed by atoms with Gasteiger partial charge in [0.2, 0.25) is 0 Å². The Morgan fingerprint density at radius 3 is 2.24 bits per heavy atom. The average molecular weight is 393 g/mol. The zero-order valence-corrected chi connectivity index (χ0v) is 18.7. The lowest BCUT2D eigenvalue weighted by molar-refractivity contribution is 0.305. The molecule has 0 saturated heterocycles. The van der Waals surface area contributed by atoms with Gasteiger partial charge in [-0.15, -0.1) is 0 Å². The number of aryl methyl sites for hydroxylation is 1. The number of fused-ring (bicyclic) bond motifs is 1. The second-order valence-corrected chi connectivity index (χ2v) is 8.88. The van der Waals surface area contributed by atoms with Gasteiger partial charge in [-0.3, -0.25) is 0 Å². The van der Waals surface area contributed by atoms with E-state index in [1.807, 2.05) is 0 Å². The van der Waals surface area contributed by atoms with Crippen molar-refractivity contribution in [3.05, 3.63) is 53.6 Å². The largest absolute Gasteiger partial charge is 0.494 e. The summed E-state index contributed by atoms with van der Waals surface area (Å²) in [7, 11) is 0. The molecule has 1 atom stereocenters. The second kappa shape index (κ2) is 12.1. The number of hydrogen-bond donors (Lipinski definition) is 0. The molecule has 0 N–H and O–H groups in total. The first-order valence-corrected chi connectivity index (χ1v) is 12.1. The number of ether oxygens (including phenoxy) is 1. The molecule has 1 aliphatic rings. The smallest absolute Gasteiger partial charge is 0.119 e. The van der Waals surface area contributed by atoms with Crippen molar-refractivity contribution in [3.63, 3.8) is 0 Å². The molecule has 29 heavy (non-hydrogen) atoms. The van der Waals surface area contributed by atoms with Crippen molar-refractivity contribution in [3.8, 4) is 16.9 Å². The second-order valence-electron chi connectivity index (χ2n) is 8.88. The summed E-state index contributed by atoms with van der Waals surface area (Å²) in [5, 5.41) is 0. The third kappa shape index (κ3) is 6.91. The summed E-state index contributed by atoms with van der Waals surface area (Å²) in [5.41, 5.74) is 5.81. The number of unbranched alkanes of at least 4 members (excludes halogenated alkanes) is 6. The van der Waals surface area contributed by atoms with Crippen LogP contribution < -0.4 is 4.74 Å². The fourth-order valence-corrected chi connectivity index (χ4v) is 4.58. The normalized spacial score (nSPS) is 15.9. The lowest BCUT2D eigenvalue weighted by atomic mass is 9.80. The van der Waals surface area contributed by atoms with E-state index in [2.05, 4.69) is 56.3 Å². The summed E-state index contributed by atoms with van der Waals surface area (Å²) < 4.78 is 5.89. The van der Waals surface area contributed by atoms with Crippen LogP contribution in [0.5, 0.6) is 5.75 Å². The van der Waals surface area contributed by atoms with Crippen molar-refractivity contribution in [2.45, 2.75) is 90.9 Å². The minimum absolute atomic E-state index is 0.831. The number of rotatable bonds is 12. The van der Waals surface area contributed by atoms with Crippen molar-refractivity contribution in [1.29, 1.82) is 0 Å². The number of benzene rings is 2. The third-order valence-electron chi connectivity index (χ3n) is 6.46. The van der Waals surface area contributed by atoms with E-state index in [-0.39, 0.29) is 0 Å². The molecule has 2 aromatic carbocycles. The number of hydrogen-bond acceptors (Lipinski definition) is 1. The van der Waals surface area contributed by atoms with E-state index < -0.39 is 0 Å². The van der Waals surface area contributed by atoms with Crippen LogP contribution in [0, 0.1) is 5.92 Å². The van der Waals surface area contributed by atoms with Gasteiger partial charge in [0, 0.05) is 0 Å². The van der Waals surface area contributed by atoms with Crippen LogP contribution in [-0.2, 0) is 12.8 Å². The van der Waals surface area contributed by atoms with E-state index >= 15 is 0 Å². The Morgan fingerprint density at radius 1 is 0.759 bits per heavy atom. The van der Waals surface area contributed by atoms with E-state index in [4.69, 9.17) is 4.74 Å². The molecule has 2 aromatic rings. The molecule has 0 fully saturated rings. The fourth-order valence-electron chi connectivity index (χ4n) is 4.58. The molecule has 0 bridgehead atoms. The van der Waals surface area contributed by atoms with Gasteiger partial charge in [0.05, 0.1) is 6.61 Å². The first-order chi connectivity index (χ1) is 14.3. The molecule has 0 spiro atoms. The maximum atomic E-state index is 5.89. The quantitative estimate of drug-likeness (QED) is 0.329. The zero-order valence-electron chi connectivity index (χ0n) is 18.7. The molecular formula is C28H40O. The van der Waals surface area contributed by atoms with E-state index in [0.29, 0.717) is 0 Å². The van der Waals surface area contributed by atoms with Crippen molar-refractivity contribution in [1.82, 2.24) is 0 Å². The summed E-state index contributed by atoms with van der Waals surface area (Å²) in [4.78, 5) is 0. The Hall–Kier alpha value is -1.76. The Labute approximate surface area is 178 Å². The van der Waals surface area contributed by atoms with Gasteiger partial charge >= 0.3 is 0 Å². The SMILES string of the molecule is CCCCCCOc1ccc(-c2ccc3c(c2)CCC(CCCCCC)C3)cc1. The van der Waals surface area contributed by atoms with Crippen molar-refractivity contribution in [2.75, 3.05) is 6.61 Å². The highest BCUT2D eigenvalue weighted by Crippen LogP contribution is 2.32. The third-order valence-corrected chi connectivity index (χ3v) is 6.46. The molecule has 0 aliphatic heterocycles. The van der Waals surface area contributed by atoms with Gasteiger partial charge in [0.25, 0.3) is 0 Å². The predicted octanol–water partition coefficient (Wildman–Crippen LogP) is 8.39. The Morgan fingerprint density at radius 2 is 1.48 bits per heavy atom. The summed E-state index contributed by atoms with van der Waals surface area (Å²) in [5.74, 6) is 1.90. The molecule has 158 valence electrons. The highest BCUT2D eigenvalue weighted by molar-refractivity contribution is 5.66. The van der Waals surface area contributed by atoms with Crippen molar-refractivity contribution >= 4 is 0 Å². The van der Waals surface area contributed by atoms with Gasteiger partial charge in [-0.1, -0.05) is 95.5 Å². The molecule has 1 aliphatic carbocycles. The summed E-state index contributed by atoms with van der Waals surface area (Å²) >= 11 is 0. The van der Waals surface area contributed by atoms with Crippen LogP contribution in [0.4, 0.5) is 0 Å². The van der Waals surface area contributed by atoms with Crippen LogP contribution in [0.3, 0.4) is 0 Å². The van der Waals surface area contributed by atoms with E-state index in [0.717, 1.165) is 24.7 Å². The minimum Gasteiger partial charge on any atom is -0.494 e. The van der Waals surface area contributed by atoms with Gasteiger partial charge in [-0.25, -0.2) is 0 Å². The van der Waals surface area contributed by atoms with E-state index in [9.17, 15) is 0 Å². The topological polar surface area (TPSA) is 9.23 Å². The lowest BCUT2D eigenvalue weighted by Gasteiger charge is -2.25. The van der Waals surface area contributed by atoms with Crippen LogP contribution >= 0.6 is 0 Å². The van der Waals surface area contributed by atoms with Gasteiger partial charge in [-0.05, 0) is 66.0 Å². The van der Waals surface area contributed by atoms with Crippen LogP contribution in [0.15, 0.2) is 42.5 Å². The van der Waals surface area contributed by atoms with Gasteiger partial charge < -0.3 is 4.74 Å². The molecule has 0 aromatic heterocycles. The molecule has 1 heteroatoms. The van der Waals surface area contributed by atoms with Gasteiger partial charge in [0.1, 0.15) is 5.75 Å². The molecule has 3 rings (SSSR count). The molecule has 0 amide bonds. The zero-order chi connectivity index (χ0) is 20.3. The maximum Gasteiger partial charge on any atom is 0.119 e. The standard InChI is InChI=1S/C28H40O/c1-3-5-7-9-11-23-12-13-27-22-26(15-14-25(27)21-23)24-16-18-28(19-17-24)29-20-10-8-6-4-2/h14-19,22-23H,3-13,20-21H2,1-2H3. The maximum absolute atomic E-state index is 5.89. The highest BCUT2D eigenvalue weighted by atomic mass is 16.5. The Kier molecular flexibility index (Phi) is 9.12. The molecule has 0 heterocycles. The molecular weight excluding hydrogens is 352 g/mol. The average Bonchev–Trinajstić information content (AvgIpc) is 2.76. The molecule has 0 saturated carbocycles. The Bertz CT molecular complexity index is 716. The van der Waals surface area contributed by atoms with E-state index in [1.165, 1.54) is 81.8 Å². The van der Waals surface area contributed by atoms with Crippen LogP contribution in [0.2, 0.25) is 0 Å². The van der Waals surface area contributed by atoms with Gasteiger partial charge in [0.15, 0.2) is 0 Å². The molecule has 1 nitrogen and oxygen atoms in total. The Balaban J connectivity index is 1.52. The van der Waals surface area contributed by atoms with Crippen molar-refractivity contribution in [2.24, 2.45) is 5.92 Å². The fraction of sp³-hybridized carbons (Fsp3) is 0.571. The first-order valence-electron chi connectivity index (χ1n) is 12.1.